The van der Waals surface area contributed by atoms with Crippen LogP contribution in [0.3, 0.4) is 0 Å². The molecule has 0 unspecified atom stereocenters. The molecule has 1 fully saturated rings. The lowest BCUT2D eigenvalue weighted by molar-refractivity contribution is -0.383. The van der Waals surface area contributed by atoms with Crippen LogP contribution in [-0.4, -0.2) is 41.4 Å². The Bertz CT molecular complexity index is 857. The van der Waals surface area contributed by atoms with E-state index in [1.54, 1.807) is 25.1 Å². The number of para-hydroxylation sites is 1. The van der Waals surface area contributed by atoms with E-state index in [0.29, 0.717) is 23.1 Å². The minimum atomic E-state index is -0.410. The normalized spacial score (nSPS) is 15.8. The highest BCUT2D eigenvalue weighted by Gasteiger charge is 2.41. The fourth-order valence-electron chi connectivity index (χ4n) is 3.91. The standard InChI is InChI=1S/C19H24N4O3/c1-13-11-15(14-7-6-8-16(23(25)26)17(14)21-13)20-12-19(9-4-5-10-19)18(24)22(2)3/h6-8,11H,4-5,9-10,12H2,1-3H3,(H,20,21). The second kappa shape index (κ2) is 6.90. The van der Waals surface area contributed by atoms with Crippen LogP contribution in [0.5, 0.6) is 0 Å². The minimum absolute atomic E-state index is 0.00537. The number of rotatable bonds is 5. The van der Waals surface area contributed by atoms with Crippen LogP contribution in [0.25, 0.3) is 10.9 Å². The smallest absolute Gasteiger partial charge is 0.295 e. The van der Waals surface area contributed by atoms with Gasteiger partial charge in [0.1, 0.15) is 0 Å². The average molecular weight is 356 g/mol. The molecule has 1 aliphatic carbocycles. The Hall–Kier alpha value is -2.70. The van der Waals surface area contributed by atoms with Gasteiger partial charge < -0.3 is 10.2 Å². The van der Waals surface area contributed by atoms with Gasteiger partial charge in [0.2, 0.25) is 5.91 Å². The Morgan fingerprint density at radius 1 is 1.35 bits per heavy atom. The van der Waals surface area contributed by atoms with Gasteiger partial charge in [0, 0.05) is 43.5 Å². The topological polar surface area (TPSA) is 88.4 Å². The molecule has 3 rings (SSSR count). The van der Waals surface area contributed by atoms with Crippen molar-refractivity contribution in [2.75, 3.05) is 26.0 Å². The Morgan fingerprint density at radius 3 is 2.65 bits per heavy atom. The van der Waals surface area contributed by atoms with Crippen molar-refractivity contribution in [3.8, 4) is 0 Å². The first-order chi connectivity index (χ1) is 12.3. The Kier molecular flexibility index (Phi) is 4.80. The summed E-state index contributed by atoms with van der Waals surface area (Å²) in [6.07, 6.45) is 3.81. The molecule has 1 amide bonds. The largest absolute Gasteiger partial charge is 0.383 e. The Labute approximate surface area is 152 Å². The molecule has 1 N–H and O–H groups in total. The van der Waals surface area contributed by atoms with Gasteiger partial charge >= 0.3 is 0 Å². The van der Waals surface area contributed by atoms with E-state index in [9.17, 15) is 14.9 Å². The molecule has 0 atom stereocenters. The molecule has 2 aromatic rings. The van der Waals surface area contributed by atoms with Crippen LogP contribution in [0, 0.1) is 22.5 Å². The Balaban J connectivity index is 1.97. The summed E-state index contributed by atoms with van der Waals surface area (Å²) in [7, 11) is 3.58. The number of nitro groups is 1. The van der Waals surface area contributed by atoms with E-state index < -0.39 is 10.3 Å². The van der Waals surface area contributed by atoms with Crippen molar-refractivity contribution in [3.63, 3.8) is 0 Å². The van der Waals surface area contributed by atoms with Gasteiger partial charge in [0.05, 0.1) is 10.3 Å². The SMILES string of the molecule is Cc1cc(NCC2(C(=O)N(C)C)CCCC2)c2cccc([N+](=O)[O-])c2n1. The summed E-state index contributed by atoms with van der Waals surface area (Å²) in [4.78, 5) is 29.7. The fraction of sp³-hybridized carbons (Fsp3) is 0.474. The van der Waals surface area contributed by atoms with E-state index in [2.05, 4.69) is 10.3 Å². The number of hydrogen-bond donors (Lipinski definition) is 1. The van der Waals surface area contributed by atoms with Gasteiger partial charge in [0.25, 0.3) is 5.69 Å². The number of benzene rings is 1. The highest BCUT2D eigenvalue weighted by atomic mass is 16.6. The van der Waals surface area contributed by atoms with Gasteiger partial charge in [-0.25, -0.2) is 4.98 Å². The van der Waals surface area contributed by atoms with E-state index in [-0.39, 0.29) is 11.6 Å². The fourth-order valence-corrected chi connectivity index (χ4v) is 3.91. The Morgan fingerprint density at radius 2 is 2.04 bits per heavy atom. The summed E-state index contributed by atoms with van der Waals surface area (Å²) in [5.74, 6) is 0.142. The number of nitrogens with zero attached hydrogens (tertiary/aromatic N) is 3. The maximum atomic E-state index is 12.7. The van der Waals surface area contributed by atoms with Crippen LogP contribution in [-0.2, 0) is 4.79 Å². The highest BCUT2D eigenvalue weighted by Crippen LogP contribution is 2.40. The highest BCUT2D eigenvalue weighted by molar-refractivity contribution is 5.97. The molecule has 0 spiro atoms. The van der Waals surface area contributed by atoms with Crippen LogP contribution in [0.15, 0.2) is 24.3 Å². The summed E-state index contributed by atoms with van der Waals surface area (Å²) in [6, 6.07) is 6.84. The van der Waals surface area contributed by atoms with E-state index in [1.165, 1.54) is 6.07 Å². The first kappa shape index (κ1) is 18.1. The summed E-state index contributed by atoms with van der Waals surface area (Å²) >= 11 is 0. The molecule has 1 aromatic heterocycles. The molecule has 0 radical (unpaired) electrons. The molecular formula is C19H24N4O3. The van der Waals surface area contributed by atoms with Crippen molar-refractivity contribution in [1.82, 2.24) is 9.88 Å². The zero-order valence-corrected chi connectivity index (χ0v) is 15.4. The van der Waals surface area contributed by atoms with Crippen molar-refractivity contribution in [2.45, 2.75) is 32.6 Å². The molecule has 7 heteroatoms. The predicted octanol–water partition coefficient (Wildman–Crippen LogP) is 3.51. The molecule has 0 aliphatic heterocycles. The third-order valence-corrected chi connectivity index (χ3v) is 5.18. The number of amides is 1. The maximum Gasteiger partial charge on any atom is 0.295 e. The number of nitrogens with one attached hydrogen (secondary N) is 1. The number of fused-ring (bicyclic) bond motifs is 1. The zero-order chi connectivity index (χ0) is 18.9. The minimum Gasteiger partial charge on any atom is -0.383 e. The summed E-state index contributed by atoms with van der Waals surface area (Å²) in [6.45, 7) is 2.34. The van der Waals surface area contributed by atoms with E-state index in [1.807, 2.05) is 19.1 Å². The zero-order valence-electron chi connectivity index (χ0n) is 15.4. The summed E-state index contributed by atoms with van der Waals surface area (Å²) in [5, 5.41) is 15.4. The maximum absolute atomic E-state index is 12.7. The first-order valence-corrected chi connectivity index (χ1v) is 8.84. The monoisotopic (exact) mass is 356 g/mol. The number of hydrogen-bond acceptors (Lipinski definition) is 5. The lowest BCUT2D eigenvalue weighted by Gasteiger charge is -2.31. The lowest BCUT2D eigenvalue weighted by Crippen LogP contribution is -2.43. The summed E-state index contributed by atoms with van der Waals surface area (Å²) in [5.41, 5.74) is 1.45. The van der Waals surface area contributed by atoms with Crippen LogP contribution in [0.2, 0.25) is 0 Å². The molecule has 0 bridgehead atoms. The van der Waals surface area contributed by atoms with Crippen molar-refractivity contribution >= 4 is 28.2 Å². The van der Waals surface area contributed by atoms with Gasteiger partial charge in [0.15, 0.2) is 5.52 Å². The third kappa shape index (κ3) is 3.21. The van der Waals surface area contributed by atoms with Gasteiger partial charge in [-0.3, -0.25) is 14.9 Å². The number of carbonyl (C=O) groups is 1. The molecule has 138 valence electrons. The van der Waals surface area contributed by atoms with Gasteiger partial charge in [-0.15, -0.1) is 0 Å². The van der Waals surface area contributed by atoms with Crippen molar-refractivity contribution < 1.29 is 9.72 Å². The molecule has 1 saturated carbocycles. The molecular weight excluding hydrogens is 332 g/mol. The molecule has 1 aliphatic rings. The average Bonchev–Trinajstić information content (AvgIpc) is 3.08. The number of nitro benzene ring substituents is 1. The molecule has 26 heavy (non-hydrogen) atoms. The van der Waals surface area contributed by atoms with Crippen LogP contribution in [0.4, 0.5) is 11.4 Å². The number of anilines is 1. The number of carbonyl (C=O) groups excluding carboxylic acids is 1. The second-order valence-electron chi connectivity index (χ2n) is 7.28. The van der Waals surface area contributed by atoms with Gasteiger partial charge in [-0.2, -0.15) is 0 Å². The second-order valence-corrected chi connectivity index (χ2v) is 7.28. The first-order valence-electron chi connectivity index (χ1n) is 8.84. The number of aryl methyl sites for hydroxylation is 1. The predicted molar refractivity (Wildman–Crippen MR) is 101 cm³/mol. The van der Waals surface area contributed by atoms with E-state index in [0.717, 1.165) is 31.4 Å². The van der Waals surface area contributed by atoms with Crippen molar-refractivity contribution in [1.29, 1.82) is 0 Å². The number of non-ortho nitro benzene ring substituents is 1. The van der Waals surface area contributed by atoms with E-state index >= 15 is 0 Å². The van der Waals surface area contributed by atoms with E-state index in [4.69, 9.17) is 0 Å². The van der Waals surface area contributed by atoms with Gasteiger partial charge in [-0.05, 0) is 25.8 Å². The van der Waals surface area contributed by atoms with Crippen LogP contribution >= 0.6 is 0 Å². The molecule has 1 aromatic carbocycles. The van der Waals surface area contributed by atoms with Crippen molar-refractivity contribution in [2.24, 2.45) is 5.41 Å². The van der Waals surface area contributed by atoms with Gasteiger partial charge in [-0.1, -0.05) is 25.0 Å². The molecule has 1 heterocycles. The summed E-state index contributed by atoms with van der Waals surface area (Å²) < 4.78 is 0. The number of pyridine rings is 1. The molecule has 7 nitrogen and oxygen atoms in total. The lowest BCUT2D eigenvalue weighted by atomic mass is 9.84. The molecule has 0 saturated heterocycles. The third-order valence-electron chi connectivity index (χ3n) is 5.18. The van der Waals surface area contributed by atoms with Crippen LogP contribution < -0.4 is 5.32 Å². The van der Waals surface area contributed by atoms with Crippen molar-refractivity contribution in [3.05, 3.63) is 40.1 Å². The van der Waals surface area contributed by atoms with Crippen LogP contribution in [0.1, 0.15) is 31.4 Å². The quantitative estimate of drug-likeness (QED) is 0.654. The number of aromatic nitrogens is 1.